The highest BCUT2D eigenvalue weighted by Crippen LogP contribution is 2.30. The van der Waals surface area contributed by atoms with Crippen molar-refractivity contribution in [2.24, 2.45) is 17.8 Å². The zero-order valence-electron chi connectivity index (χ0n) is 10.9. The third-order valence-corrected chi connectivity index (χ3v) is 3.77. The molecule has 0 saturated heterocycles. The smallest absolute Gasteiger partial charge is 0.315 e. The van der Waals surface area contributed by atoms with Gasteiger partial charge in [0.15, 0.2) is 0 Å². The molecule has 1 rings (SSSR count). The number of hydrogen-bond acceptors (Lipinski definition) is 2. The zero-order chi connectivity index (χ0) is 13.0. The van der Waals surface area contributed by atoms with Crippen LogP contribution in [-0.4, -0.2) is 23.0 Å². The van der Waals surface area contributed by atoms with Gasteiger partial charge in [-0.15, -0.1) is 0 Å². The Labute approximate surface area is 103 Å². The first-order chi connectivity index (χ1) is 7.93. The van der Waals surface area contributed by atoms with Crippen molar-refractivity contribution in [3.63, 3.8) is 0 Å². The van der Waals surface area contributed by atoms with Crippen LogP contribution in [0.3, 0.4) is 0 Å². The first-order valence-electron chi connectivity index (χ1n) is 6.46. The number of carbonyl (C=O) groups excluding carboxylic acids is 1. The summed E-state index contributed by atoms with van der Waals surface area (Å²) in [5.74, 6) is -1.35. The number of rotatable bonds is 4. The van der Waals surface area contributed by atoms with Crippen molar-refractivity contribution < 1.29 is 14.7 Å². The monoisotopic (exact) mass is 241 g/mol. The number of carbonyl (C=O) groups is 2. The van der Waals surface area contributed by atoms with E-state index < -0.39 is 11.9 Å². The Morgan fingerprint density at radius 2 is 1.76 bits per heavy atom. The van der Waals surface area contributed by atoms with Crippen LogP contribution >= 0.6 is 0 Å². The molecule has 0 aromatic rings. The number of carboxylic acids is 1. The molecular weight excluding hydrogens is 218 g/mol. The zero-order valence-corrected chi connectivity index (χ0v) is 10.9. The lowest BCUT2D eigenvalue weighted by atomic mass is 9.77. The van der Waals surface area contributed by atoms with Gasteiger partial charge in [0.25, 0.3) is 0 Å². The van der Waals surface area contributed by atoms with Crippen molar-refractivity contribution in [1.29, 1.82) is 0 Å². The van der Waals surface area contributed by atoms with E-state index in [9.17, 15) is 9.59 Å². The van der Waals surface area contributed by atoms with Crippen molar-refractivity contribution in [2.75, 3.05) is 0 Å². The third kappa shape index (κ3) is 3.72. The lowest BCUT2D eigenvalue weighted by Gasteiger charge is -2.35. The fourth-order valence-electron chi connectivity index (χ4n) is 2.56. The number of nitrogens with one attached hydrogen (secondary N) is 1. The van der Waals surface area contributed by atoms with Crippen LogP contribution in [0.25, 0.3) is 0 Å². The van der Waals surface area contributed by atoms with Crippen LogP contribution in [0, 0.1) is 17.8 Å². The number of amides is 1. The number of carboxylic acid groups (broad SMARTS) is 1. The molecule has 0 spiro atoms. The van der Waals surface area contributed by atoms with E-state index in [2.05, 4.69) is 19.2 Å². The molecule has 0 aliphatic heterocycles. The number of hydrogen-bond donors (Lipinski definition) is 2. The maximum Gasteiger partial charge on any atom is 0.315 e. The maximum absolute atomic E-state index is 11.7. The minimum absolute atomic E-state index is 0.151. The van der Waals surface area contributed by atoms with Crippen molar-refractivity contribution in [1.82, 2.24) is 5.32 Å². The van der Waals surface area contributed by atoms with E-state index >= 15 is 0 Å². The summed E-state index contributed by atoms with van der Waals surface area (Å²) >= 11 is 0. The van der Waals surface area contributed by atoms with E-state index in [1.165, 1.54) is 13.3 Å². The lowest BCUT2D eigenvalue weighted by Crippen LogP contribution is -2.46. The largest absolute Gasteiger partial charge is 0.481 e. The topological polar surface area (TPSA) is 66.4 Å². The van der Waals surface area contributed by atoms with Gasteiger partial charge in [0.1, 0.15) is 5.92 Å². The second-order valence-corrected chi connectivity index (χ2v) is 5.37. The number of aliphatic carboxylic acids is 1. The average Bonchev–Trinajstić information content (AvgIpc) is 2.28. The molecular formula is C13H23NO3. The quantitative estimate of drug-likeness (QED) is 0.740. The van der Waals surface area contributed by atoms with E-state index in [1.54, 1.807) is 0 Å². The van der Waals surface area contributed by atoms with Gasteiger partial charge in [-0.3, -0.25) is 9.59 Å². The van der Waals surface area contributed by atoms with Crippen LogP contribution < -0.4 is 5.32 Å². The van der Waals surface area contributed by atoms with Gasteiger partial charge < -0.3 is 10.4 Å². The summed E-state index contributed by atoms with van der Waals surface area (Å²) in [5, 5.41) is 11.7. The van der Waals surface area contributed by atoms with Crippen LogP contribution in [0.5, 0.6) is 0 Å². The Kier molecular flexibility index (Phi) is 4.97. The molecule has 0 aromatic heterocycles. The van der Waals surface area contributed by atoms with Crippen LogP contribution in [0.2, 0.25) is 0 Å². The molecule has 0 heterocycles. The third-order valence-electron chi connectivity index (χ3n) is 3.77. The lowest BCUT2D eigenvalue weighted by molar-refractivity contribution is -0.146. The SMILES string of the molecule is CC(C(=O)O)C(=O)NC1CCCCC1C(C)C. The van der Waals surface area contributed by atoms with E-state index in [4.69, 9.17) is 5.11 Å². The summed E-state index contributed by atoms with van der Waals surface area (Å²) in [4.78, 5) is 22.5. The fraction of sp³-hybridized carbons (Fsp3) is 0.846. The summed E-state index contributed by atoms with van der Waals surface area (Å²) in [6, 6.07) is 0.151. The van der Waals surface area contributed by atoms with Crippen LogP contribution in [-0.2, 0) is 9.59 Å². The van der Waals surface area contributed by atoms with Crippen molar-refractivity contribution in [3.05, 3.63) is 0 Å². The first kappa shape index (κ1) is 14.0. The van der Waals surface area contributed by atoms with Crippen LogP contribution in [0.4, 0.5) is 0 Å². The summed E-state index contributed by atoms with van der Waals surface area (Å²) in [6.07, 6.45) is 4.43. The van der Waals surface area contributed by atoms with Crippen LogP contribution in [0.15, 0.2) is 0 Å². The molecule has 98 valence electrons. The fourth-order valence-corrected chi connectivity index (χ4v) is 2.56. The predicted molar refractivity (Wildman–Crippen MR) is 65.5 cm³/mol. The van der Waals surface area contributed by atoms with Crippen molar-refractivity contribution in [2.45, 2.75) is 52.5 Å². The highest BCUT2D eigenvalue weighted by molar-refractivity contribution is 5.96. The Balaban J connectivity index is 2.59. The Morgan fingerprint density at radius 3 is 2.29 bits per heavy atom. The standard InChI is InChI=1S/C13H23NO3/c1-8(2)10-6-4-5-7-11(10)14-12(15)9(3)13(16)17/h8-11H,4-7H2,1-3H3,(H,14,15)(H,16,17). The minimum atomic E-state index is -1.06. The highest BCUT2D eigenvalue weighted by atomic mass is 16.4. The second-order valence-electron chi connectivity index (χ2n) is 5.37. The summed E-state index contributed by atoms with van der Waals surface area (Å²) in [7, 11) is 0. The molecule has 1 aliphatic rings. The maximum atomic E-state index is 11.7. The van der Waals surface area contributed by atoms with Gasteiger partial charge >= 0.3 is 5.97 Å². The minimum Gasteiger partial charge on any atom is -0.481 e. The van der Waals surface area contributed by atoms with E-state index in [0.29, 0.717) is 11.8 Å². The normalized spacial score (nSPS) is 26.6. The first-order valence-corrected chi connectivity index (χ1v) is 6.46. The molecule has 3 unspecified atom stereocenters. The van der Waals surface area contributed by atoms with E-state index in [1.807, 2.05) is 0 Å². The summed E-state index contributed by atoms with van der Waals surface area (Å²) in [5.41, 5.74) is 0. The predicted octanol–water partition coefficient (Wildman–Crippen LogP) is 2.04. The van der Waals surface area contributed by atoms with Gasteiger partial charge in [0.05, 0.1) is 0 Å². The summed E-state index contributed by atoms with van der Waals surface area (Å²) in [6.45, 7) is 5.76. The van der Waals surface area contributed by atoms with Crippen LogP contribution in [0.1, 0.15) is 46.5 Å². The summed E-state index contributed by atoms with van der Waals surface area (Å²) < 4.78 is 0. The molecule has 4 nitrogen and oxygen atoms in total. The van der Waals surface area contributed by atoms with Gasteiger partial charge in [-0.05, 0) is 31.6 Å². The molecule has 1 aliphatic carbocycles. The van der Waals surface area contributed by atoms with Gasteiger partial charge in [0.2, 0.25) is 5.91 Å². The molecule has 1 fully saturated rings. The molecule has 4 heteroatoms. The molecule has 0 bridgehead atoms. The van der Waals surface area contributed by atoms with Crippen molar-refractivity contribution >= 4 is 11.9 Å². The molecule has 1 amide bonds. The molecule has 0 aromatic carbocycles. The van der Waals surface area contributed by atoms with Gasteiger partial charge in [-0.2, -0.15) is 0 Å². The van der Waals surface area contributed by atoms with Gasteiger partial charge in [0, 0.05) is 6.04 Å². The molecule has 17 heavy (non-hydrogen) atoms. The van der Waals surface area contributed by atoms with Gasteiger partial charge in [-0.1, -0.05) is 26.7 Å². The van der Waals surface area contributed by atoms with Crippen molar-refractivity contribution in [3.8, 4) is 0 Å². The van der Waals surface area contributed by atoms with E-state index in [0.717, 1.165) is 19.3 Å². The highest BCUT2D eigenvalue weighted by Gasteiger charge is 2.31. The Bertz CT molecular complexity index is 288. The Morgan fingerprint density at radius 1 is 1.18 bits per heavy atom. The van der Waals surface area contributed by atoms with E-state index in [-0.39, 0.29) is 11.9 Å². The molecule has 0 radical (unpaired) electrons. The molecule has 1 saturated carbocycles. The second kappa shape index (κ2) is 6.03. The molecule has 3 atom stereocenters. The van der Waals surface area contributed by atoms with Gasteiger partial charge in [-0.25, -0.2) is 0 Å². The average molecular weight is 241 g/mol. The molecule has 2 N–H and O–H groups in total. The Hall–Kier alpha value is -1.06.